The fourth-order valence-corrected chi connectivity index (χ4v) is 26.1. The van der Waals surface area contributed by atoms with Gasteiger partial charge in [-0.05, 0) is 302 Å². The van der Waals surface area contributed by atoms with Crippen molar-refractivity contribution in [3.63, 3.8) is 0 Å². The predicted octanol–water partition coefficient (Wildman–Crippen LogP) is 14.8. The summed E-state index contributed by atoms with van der Waals surface area (Å²) in [5.41, 5.74) is 0.420. The highest BCUT2D eigenvalue weighted by molar-refractivity contribution is 5.87. The third kappa shape index (κ3) is 12.2. The number of hydrogen-bond donors (Lipinski definition) is 5. The first kappa shape index (κ1) is 68.4. The molecule has 88 heavy (non-hydrogen) atoms. The van der Waals surface area contributed by atoms with Crippen molar-refractivity contribution in [2.24, 2.45) is 139 Å². The van der Waals surface area contributed by atoms with Crippen LogP contribution < -0.4 is 0 Å². The van der Waals surface area contributed by atoms with Gasteiger partial charge in [-0.25, -0.2) is 0 Å². The van der Waals surface area contributed by atoms with Crippen molar-refractivity contribution in [3.8, 4) is 0 Å². The Hall–Kier alpha value is -2.41. The topological polar surface area (TPSA) is 205 Å². The first-order valence-electron chi connectivity index (χ1n) is 36.9. The Bertz CT molecular complexity index is 2480. The Morgan fingerprint density at radius 1 is 0.466 bits per heavy atom. The van der Waals surface area contributed by atoms with Crippen molar-refractivity contribution in [1.82, 2.24) is 0 Å². The average Bonchev–Trinajstić information content (AvgIpc) is 1.34. The lowest BCUT2D eigenvalue weighted by Crippen LogP contribution is -2.58. The van der Waals surface area contributed by atoms with Crippen molar-refractivity contribution in [2.75, 3.05) is 13.2 Å². The van der Waals surface area contributed by atoms with E-state index < -0.39 is 5.97 Å². The quantitative estimate of drug-likeness (QED) is 0.103. The van der Waals surface area contributed by atoms with Gasteiger partial charge in [0.1, 0.15) is 11.6 Å². The van der Waals surface area contributed by atoms with Gasteiger partial charge in [-0.3, -0.25) is 24.0 Å². The first-order chi connectivity index (χ1) is 41.6. The predicted molar refractivity (Wildman–Crippen MR) is 342 cm³/mol. The van der Waals surface area contributed by atoms with E-state index in [0.717, 1.165) is 115 Å². The van der Waals surface area contributed by atoms with Gasteiger partial charge in [0, 0.05) is 43.9 Å². The Balaban J connectivity index is 0.000000146. The van der Waals surface area contributed by atoms with E-state index in [1.165, 1.54) is 51.4 Å². The summed E-state index contributed by atoms with van der Waals surface area (Å²) in [6.45, 7) is 25.6. The molecule has 0 aliphatic heterocycles. The van der Waals surface area contributed by atoms with Gasteiger partial charge in [0.15, 0.2) is 0 Å². The summed E-state index contributed by atoms with van der Waals surface area (Å²) < 4.78 is 10.3. The molecule has 12 fully saturated rings. The molecule has 12 heteroatoms. The SMILES string of the molecule is CCOC(=O)CC[C@@H](C)[C@H]1CC[C@H]2[C@@H]3CC[C@@H]4CC(=O)CC[C@]4(C)[C@H]3CC(=O)[C@]12C.CCOC(=O)CC[C@@H](C)[C@H]1CC[C@H]2[C@@H]3CC[C@@H]4C[C@H](O)CC[C@]4(C)[C@H]3C[C@H](O)[C@]12C.C[C@H](CCC(=O)O)[C@H]1CC[C@H]2[C@@H]3CC[C@@H]4C[C@H](O)CC[C@]4(C)[C@H]3C[C@H](O)[C@]12C. The normalized spacial score (nSPS) is 48.1. The van der Waals surface area contributed by atoms with E-state index in [-0.39, 0.29) is 75.3 Å². The number of hydrogen-bond acceptors (Lipinski definition) is 11. The molecule has 12 nitrogen and oxygen atoms in total. The highest BCUT2D eigenvalue weighted by Crippen LogP contribution is 2.72. The van der Waals surface area contributed by atoms with Crippen LogP contribution in [0.25, 0.3) is 0 Å². The molecule has 12 aliphatic carbocycles. The number of aliphatic hydroxyl groups excluding tert-OH is 4. The van der Waals surface area contributed by atoms with Crippen LogP contribution in [0.4, 0.5) is 0 Å². The molecule has 0 spiro atoms. The Morgan fingerprint density at radius 3 is 1.34 bits per heavy atom. The molecule has 12 aliphatic rings. The smallest absolute Gasteiger partial charge is 0.305 e. The zero-order valence-electron chi connectivity index (χ0n) is 56.9. The van der Waals surface area contributed by atoms with E-state index >= 15 is 0 Å². The second-order valence-corrected chi connectivity index (χ2v) is 34.3. The van der Waals surface area contributed by atoms with Crippen LogP contribution in [0.2, 0.25) is 0 Å². The van der Waals surface area contributed by atoms with Crippen LogP contribution in [0.15, 0.2) is 0 Å². The molecular weight excluding hydrogens is 1100 g/mol. The summed E-state index contributed by atoms with van der Waals surface area (Å²) in [5, 5.41) is 52.6. The molecular formula is C76H124O12. The Labute approximate surface area is 531 Å². The van der Waals surface area contributed by atoms with Crippen LogP contribution in [-0.4, -0.2) is 92.6 Å². The zero-order valence-corrected chi connectivity index (χ0v) is 56.9. The van der Waals surface area contributed by atoms with Gasteiger partial charge in [0.25, 0.3) is 0 Å². The summed E-state index contributed by atoms with van der Waals surface area (Å²) in [6.07, 6.45) is 28.2. The third-order valence-corrected chi connectivity index (χ3v) is 31.1. The molecule has 0 unspecified atom stereocenters. The summed E-state index contributed by atoms with van der Waals surface area (Å²) in [6, 6.07) is 0. The maximum absolute atomic E-state index is 13.7. The molecule has 28 atom stereocenters. The second-order valence-electron chi connectivity index (χ2n) is 34.3. The maximum atomic E-state index is 13.7. The van der Waals surface area contributed by atoms with Crippen molar-refractivity contribution in [3.05, 3.63) is 0 Å². The van der Waals surface area contributed by atoms with E-state index in [9.17, 15) is 44.4 Å². The van der Waals surface area contributed by atoms with Crippen LogP contribution in [0.1, 0.15) is 269 Å². The van der Waals surface area contributed by atoms with E-state index in [1.807, 2.05) is 13.8 Å². The minimum atomic E-state index is -0.707. The van der Waals surface area contributed by atoms with Crippen LogP contribution in [0, 0.1) is 139 Å². The lowest BCUT2D eigenvalue weighted by Gasteiger charge is -2.62. The van der Waals surface area contributed by atoms with Crippen LogP contribution >= 0.6 is 0 Å². The summed E-state index contributed by atoms with van der Waals surface area (Å²) in [7, 11) is 0. The summed E-state index contributed by atoms with van der Waals surface area (Å²) in [4.78, 5) is 60.6. The number of carboxylic acid groups (broad SMARTS) is 1. The lowest BCUT2D eigenvalue weighted by atomic mass is 9.43. The molecule has 5 N–H and O–H groups in total. The highest BCUT2D eigenvalue weighted by Gasteiger charge is 2.67. The van der Waals surface area contributed by atoms with Crippen LogP contribution in [0.5, 0.6) is 0 Å². The van der Waals surface area contributed by atoms with E-state index in [4.69, 9.17) is 14.6 Å². The van der Waals surface area contributed by atoms with Gasteiger partial charge in [-0.2, -0.15) is 0 Å². The number of ketones is 2. The van der Waals surface area contributed by atoms with Crippen LogP contribution in [-0.2, 0) is 33.4 Å². The number of carbonyl (C=O) groups excluding carboxylic acids is 4. The molecule has 0 aromatic heterocycles. The minimum absolute atomic E-state index is 0.0212. The number of rotatable bonds is 14. The number of esters is 2. The Kier molecular flexibility index (Phi) is 20.8. The molecule has 0 saturated heterocycles. The highest BCUT2D eigenvalue weighted by atomic mass is 16.5. The fourth-order valence-electron chi connectivity index (χ4n) is 26.1. The van der Waals surface area contributed by atoms with Gasteiger partial charge in [0.2, 0.25) is 0 Å². The number of Topliss-reactive ketones (excluding diaryl/α,β-unsaturated/α-hetero) is 2. The molecule has 0 radical (unpaired) electrons. The molecule has 0 bridgehead atoms. The van der Waals surface area contributed by atoms with Gasteiger partial charge in [-0.15, -0.1) is 0 Å². The summed E-state index contributed by atoms with van der Waals surface area (Å²) >= 11 is 0. The number of carbonyl (C=O) groups is 5. The molecule has 0 amide bonds. The monoisotopic (exact) mass is 1230 g/mol. The van der Waals surface area contributed by atoms with Crippen molar-refractivity contribution in [2.45, 2.75) is 293 Å². The largest absolute Gasteiger partial charge is 0.481 e. The molecule has 0 aromatic carbocycles. The van der Waals surface area contributed by atoms with Gasteiger partial charge < -0.3 is 35.0 Å². The number of aliphatic carboxylic acids is 1. The van der Waals surface area contributed by atoms with Gasteiger partial charge in [-0.1, -0.05) is 62.3 Å². The molecule has 0 aromatic rings. The number of carboxylic acids is 1. The standard InChI is InChI=1S/C26H44O4.C26H40O4.C24H40O4/c2*1-5-30-24(29)11-6-16(2)20-9-10-21-19-8-7-17-14-18(27)12-13-25(17,3)22(19)15-23(28)26(20,21)4;1-14(4-9-22(27)28)18-7-8-19-17-6-5-15-12-16(25)10-11-23(15,2)20(17)13-21(26)24(18,19)3/h16-23,27-28H,5-15H2,1-4H3;16-17,19-22H,5-15H2,1-4H3;14-21,25-26H,4-13H2,1-3H3,(H,27,28)/t16-,17-,18-,19+,20-,21+,22+,23+,25+,26-;16-,17-,19+,20-,21+,22+,25+,26-;14-,15-,16-,17+,18-,19+,20+,21+,23+,24-/m111/s1. The van der Waals surface area contributed by atoms with E-state index in [1.54, 1.807) is 0 Å². The maximum Gasteiger partial charge on any atom is 0.305 e. The average molecular weight is 1230 g/mol. The van der Waals surface area contributed by atoms with Gasteiger partial charge >= 0.3 is 17.9 Å². The zero-order chi connectivity index (χ0) is 63.6. The number of ether oxygens (including phenoxy) is 2. The number of aliphatic hydroxyl groups is 4. The summed E-state index contributed by atoms with van der Waals surface area (Å²) in [5.74, 6) is 9.53. The Morgan fingerprint density at radius 2 is 0.875 bits per heavy atom. The van der Waals surface area contributed by atoms with E-state index in [0.29, 0.717) is 151 Å². The van der Waals surface area contributed by atoms with E-state index in [2.05, 4.69) is 62.3 Å². The molecule has 500 valence electrons. The molecule has 12 saturated carbocycles. The minimum Gasteiger partial charge on any atom is -0.481 e. The first-order valence-corrected chi connectivity index (χ1v) is 36.9. The molecule has 12 rings (SSSR count). The fraction of sp³-hybridized carbons (Fsp3) is 0.934. The van der Waals surface area contributed by atoms with Crippen molar-refractivity contribution < 1.29 is 59.0 Å². The third-order valence-electron chi connectivity index (χ3n) is 31.1. The van der Waals surface area contributed by atoms with Crippen molar-refractivity contribution in [1.29, 1.82) is 0 Å². The lowest BCUT2D eigenvalue weighted by molar-refractivity contribution is -0.175. The van der Waals surface area contributed by atoms with Crippen LogP contribution in [0.3, 0.4) is 0 Å². The number of fused-ring (bicyclic) bond motifs is 15. The molecule has 0 heterocycles. The second kappa shape index (κ2) is 26.8. The van der Waals surface area contributed by atoms with Gasteiger partial charge in [0.05, 0.1) is 37.6 Å². The van der Waals surface area contributed by atoms with Crippen molar-refractivity contribution >= 4 is 29.5 Å².